The molecule has 1 aromatic heterocycles. The molecular weight excluding hydrogens is 312 g/mol. The van der Waals surface area contributed by atoms with Crippen molar-refractivity contribution in [1.29, 1.82) is 0 Å². The number of amides is 1. The van der Waals surface area contributed by atoms with Gasteiger partial charge in [0.25, 0.3) is 0 Å². The highest BCUT2D eigenvalue weighted by molar-refractivity contribution is 6.26. The van der Waals surface area contributed by atoms with E-state index in [9.17, 15) is 14.4 Å². The van der Waals surface area contributed by atoms with Crippen molar-refractivity contribution in [3.63, 3.8) is 0 Å². The van der Waals surface area contributed by atoms with E-state index in [2.05, 4.69) is 5.43 Å². The lowest BCUT2D eigenvalue weighted by Crippen LogP contribution is -2.44. The quantitative estimate of drug-likeness (QED) is 0.517. The molecule has 0 aliphatic heterocycles. The molecule has 0 aromatic carbocycles. The third-order valence-electron chi connectivity index (χ3n) is 3.35. The molecule has 0 saturated carbocycles. The average molecular weight is 334 g/mol. The van der Waals surface area contributed by atoms with E-state index in [1.807, 2.05) is 0 Å². The number of carbonyl (C=O) groups is 3. The largest absolute Gasteiger partial charge is 0.461 e. The van der Waals surface area contributed by atoms with Gasteiger partial charge >= 0.3 is 6.09 Å². The maximum absolute atomic E-state index is 12.5. The first-order valence-corrected chi connectivity index (χ1v) is 7.77. The van der Waals surface area contributed by atoms with Crippen molar-refractivity contribution in [1.82, 2.24) is 10.4 Å². The highest BCUT2D eigenvalue weighted by Gasteiger charge is 2.30. The summed E-state index contributed by atoms with van der Waals surface area (Å²) in [5.74, 6) is -0.646. The Kier molecular flexibility index (Phi) is 5.11. The molecule has 1 amide bonds. The van der Waals surface area contributed by atoms with Gasteiger partial charge in [-0.15, -0.1) is 0 Å². The summed E-state index contributed by atoms with van der Waals surface area (Å²) in [7, 11) is 1.48. The normalized spacial score (nSPS) is 15.2. The second-order valence-electron chi connectivity index (χ2n) is 6.59. The third kappa shape index (κ3) is 4.24. The molecule has 1 aliphatic carbocycles. The zero-order valence-corrected chi connectivity index (χ0v) is 14.3. The Labute approximate surface area is 140 Å². The van der Waals surface area contributed by atoms with Gasteiger partial charge in [0.2, 0.25) is 5.78 Å². The summed E-state index contributed by atoms with van der Waals surface area (Å²) in [4.78, 5) is 36.8. The maximum atomic E-state index is 12.5. The summed E-state index contributed by atoms with van der Waals surface area (Å²) in [5, 5.41) is 1.13. The molecule has 1 N–H and O–H groups in total. The Balaban J connectivity index is 2.23. The minimum Gasteiger partial charge on any atom is -0.461 e. The zero-order valence-electron chi connectivity index (χ0n) is 14.3. The average Bonchev–Trinajstić information content (AvgIpc) is 2.99. The second kappa shape index (κ2) is 6.90. The van der Waals surface area contributed by atoms with E-state index in [1.165, 1.54) is 19.4 Å². The van der Waals surface area contributed by atoms with Gasteiger partial charge in [0.1, 0.15) is 5.60 Å². The summed E-state index contributed by atoms with van der Waals surface area (Å²) in [6.07, 6.45) is 2.17. The number of rotatable bonds is 4. The molecule has 7 heteroatoms. The standard InChI is InChI=1S/C17H22N2O5/c1-17(2,3)24-16(22)19(4)18-11-7-5-8-12(20)14(11)15(21)13-9-6-10-23-13/h6,9-10,18H,5,7-8H2,1-4H3. The number of hydrazine groups is 1. The Hall–Kier alpha value is -2.57. The first kappa shape index (κ1) is 17.8. The van der Waals surface area contributed by atoms with E-state index in [1.54, 1.807) is 26.8 Å². The van der Waals surface area contributed by atoms with Crippen LogP contribution in [0.5, 0.6) is 0 Å². The van der Waals surface area contributed by atoms with Crippen LogP contribution in [0.15, 0.2) is 34.1 Å². The first-order chi connectivity index (χ1) is 11.2. The van der Waals surface area contributed by atoms with Gasteiger partial charge in [0.05, 0.1) is 11.8 Å². The first-order valence-electron chi connectivity index (χ1n) is 7.77. The minimum absolute atomic E-state index is 0.0339. The van der Waals surface area contributed by atoms with Crippen molar-refractivity contribution in [3.05, 3.63) is 35.4 Å². The van der Waals surface area contributed by atoms with Crippen LogP contribution in [0.4, 0.5) is 4.79 Å². The molecule has 0 bridgehead atoms. The minimum atomic E-state index is -0.642. The van der Waals surface area contributed by atoms with Gasteiger partial charge in [-0.25, -0.2) is 9.80 Å². The van der Waals surface area contributed by atoms with Crippen molar-refractivity contribution < 1.29 is 23.5 Å². The van der Waals surface area contributed by atoms with Gasteiger partial charge in [-0.1, -0.05) is 0 Å². The van der Waals surface area contributed by atoms with Gasteiger partial charge in [-0.2, -0.15) is 0 Å². The molecule has 0 radical (unpaired) electrons. The smallest absolute Gasteiger partial charge is 0.428 e. The van der Waals surface area contributed by atoms with Gasteiger partial charge in [-0.3, -0.25) is 15.0 Å². The lowest BCUT2D eigenvalue weighted by Gasteiger charge is -2.28. The summed E-state index contributed by atoms with van der Waals surface area (Å²) in [6.45, 7) is 5.27. The van der Waals surface area contributed by atoms with Crippen LogP contribution in [0.25, 0.3) is 0 Å². The van der Waals surface area contributed by atoms with E-state index in [0.29, 0.717) is 25.0 Å². The summed E-state index contributed by atoms with van der Waals surface area (Å²) >= 11 is 0. The third-order valence-corrected chi connectivity index (χ3v) is 3.35. The molecule has 7 nitrogen and oxygen atoms in total. The number of nitrogens with zero attached hydrogens (tertiary/aromatic N) is 1. The van der Waals surface area contributed by atoms with Crippen LogP contribution in [0.1, 0.15) is 50.6 Å². The van der Waals surface area contributed by atoms with Crippen LogP contribution >= 0.6 is 0 Å². The van der Waals surface area contributed by atoms with Crippen LogP contribution in [-0.2, 0) is 9.53 Å². The highest BCUT2D eigenvalue weighted by atomic mass is 16.6. The van der Waals surface area contributed by atoms with Crippen LogP contribution < -0.4 is 5.43 Å². The number of hydrogen-bond acceptors (Lipinski definition) is 6. The number of ketones is 2. The summed E-state index contributed by atoms with van der Waals surface area (Å²) < 4.78 is 10.3. The molecule has 1 heterocycles. The fourth-order valence-corrected chi connectivity index (χ4v) is 2.33. The van der Waals surface area contributed by atoms with Crippen molar-refractivity contribution in [2.45, 2.75) is 45.6 Å². The number of carbonyl (C=O) groups excluding carboxylic acids is 3. The predicted molar refractivity (Wildman–Crippen MR) is 86.1 cm³/mol. The van der Waals surface area contributed by atoms with E-state index in [0.717, 1.165) is 5.01 Å². The van der Waals surface area contributed by atoms with E-state index >= 15 is 0 Å². The molecule has 0 fully saturated rings. The lowest BCUT2D eigenvalue weighted by molar-refractivity contribution is -0.115. The Bertz CT molecular complexity index is 668. The number of ether oxygens (including phenoxy) is 1. The monoisotopic (exact) mass is 334 g/mol. The van der Waals surface area contributed by atoms with Crippen molar-refractivity contribution in [2.24, 2.45) is 0 Å². The molecule has 0 saturated heterocycles. The molecule has 2 rings (SSSR count). The molecule has 0 unspecified atom stereocenters. The highest BCUT2D eigenvalue weighted by Crippen LogP contribution is 2.24. The second-order valence-corrected chi connectivity index (χ2v) is 6.59. The molecule has 130 valence electrons. The Morgan fingerprint density at radius 3 is 2.58 bits per heavy atom. The number of furan rings is 1. The van der Waals surface area contributed by atoms with Crippen LogP contribution in [-0.4, -0.2) is 35.3 Å². The maximum Gasteiger partial charge on any atom is 0.428 e. The molecule has 0 spiro atoms. The number of allylic oxidation sites excluding steroid dienone is 2. The SMILES string of the molecule is CN(NC1=C(C(=O)c2ccco2)C(=O)CCC1)C(=O)OC(C)(C)C. The van der Waals surface area contributed by atoms with Crippen molar-refractivity contribution >= 4 is 17.7 Å². The summed E-state index contributed by atoms with van der Waals surface area (Å²) in [6, 6.07) is 3.09. The summed E-state index contributed by atoms with van der Waals surface area (Å²) in [5.41, 5.74) is 2.61. The van der Waals surface area contributed by atoms with Crippen molar-refractivity contribution in [3.8, 4) is 0 Å². The number of Topliss-reactive ketones (excluding diaryl/α,β-unsaturated/α-hetero) is 2. The van der Waals surface area contributed by atoms with Crippen LogP contribution in [0.3, 0.4) is 0 Å². The van der Waals surface area contributed by atoms with Crippen LogP contribution in [0.2, 0.25) is 0 Å². The van der Waals surface area contributed by atoms with Gasteiger partial charge in [0, 0.05) is 19.2 Å². The lowest BCUT2D eigenvalue weighted by atomic mass is 9.91. The van der Waals surface area contributed by atoms with Gasteiger partial charge in [-0.05, 0) is 45.7 Å². The molecule has 1 aromatic rings. The zero-order chi connectivity index (χ0) is 17.9. The molecule has 24 heavy (non-hydrogen) atoms. The molecule has 1 aliphatic rings. The van der Waals surface area contributed by atoms with Crippen molar-refractivity contribution in [2.75, 3.05) is 7.05 Å². The Morgan fingerprint density at radius 2 is 2.00 bits per heavy atom. The fraction of sp³-hybridized carbons (Fsp3) is 0.471. The topological polar surface area (TPSA) is 88.9 Å². The molecule has 0 atom stereocenters. The molecular formula is C17H22N2O5. The van der Waals surface area contributed by atoms with E-state index < -0.39 is 17.5 Å². The van der Waals surface area contributed by atoms with Crippen LogP contribution in [0, 0.1) is 0 Å². The van der Waals surface area contributed by atoms with E-state index in [-0.39, 0.29) is 17.1 Å². The number of hydrogen-bond donors (Lipinski definition) is 1. The van der Waals surface area contributed by atoms with Gasteiger partial charge in [0.15, 0.2) is 11.5 Å². The van der Waals surface area contributed by atoms with Gasteiger partial charge < -0.3 is 9.15 Å². The van der Waals surface area contributed by atoms with E-state index in [4.69, 9.17) is 9.15 Å². The predicted octanol–water partition coefficient (Wildman–Crippen LogP) is 2.84. The number of nitrogens with one attached hydrogen (secondary N) is 1. The Morgan fingerprint density at radius 1 is 1.29 bits per heavy atom. The fourth-order valence-electron chi connectivity index (χ4n) is 2.33.